The fourth-order valence-electron chi connectivity index (χ4n) is 7.55. The van der Waals surface area contributed by atoms with Crippen molar-refractivity contribution in [3.63, 3.8) is 0 Å². The Bertz CT molecular complexity index is 1960. The molecule has 0 aliphatic heterocycles. The van der Waals surface area contributed by atoms with E-state index in [9.17, 15) is 0 Å². The topological polar surface area (TPSA) is 0 Å². The Kier molecular flexibility index (Phi) is 8.99. The van der Waals surface area contributed by atoms with Crippen LogP contribution in [0.2, 0.25) is 0 Å². The predicted molar refractivity (Wildman–Crippen MR) is 179 cm³/mol. The second kappa shape index (κ2) is 12.8. The Balaban J connectivity index is 0.00000171. The summed E-state index contributed by atoms with van der Waals surface area (Å²) in [7, 11) is 0. The van der Waals surface area contributed by atoms with Gasteiger partial charge in [0.15, 0.2) is 0 Å². The molecule has 2 unspecified atom stereocenters. The molecule has 44 heavy (non-hydrogen) atoms. The van der Waals surface area contributed by atoms with Crippen molar-refractivity contribution < 1.29 is 44.9 Å². The van der Waals surface area contributed by atoms with Gasteiger partial charge >= 0.3 is 258 Å². The van der Waals surface area contributed by atoms with Crippen molar-refractivity contribution >= 4 is 49.6 Å². The SMILES string of the molecule is CC1=Cc2c(ccc3ccccc23)[CH]1[Hf+2]([CH]1C(C)=Cc2c1ccc1ccccc21)=[Si](c1ccccc1)c1ccccc1.[Cl-].[Cl-]. The van der Waals surface area contributed by atoms with Gasteiger partial charge in [-0.1, -0.05) is 0 Å². The average molecular weight is 790 g/mol. The molecule has 6 aromatic rings. The molecule has 8 rings (SSSR count). The van der Waals surface area contributed by atoms with Crippen LogP contribution < -0.4 is 35.2 Å². The second-order valence-corrected chi connectivity index (χ2v) is 31.2. The van der Waals surface area contributed by atoms with Crippen LogP contribution in [0, 0.1) is 0 Å². The molecule has 2 atom stereocenters. The van der Waals surface area contributed by atoms with Crippen LogP contribution in [0.25, 0.3) is 33.7 Å². The third kappa shape index (κ3) is 5.10. The van der Waals surface area contributed by atoms with E-state index in [1.165, 1.54) is 32.7 Å². The molecular formula is C40H32Cl2HfSi. The summed E-state index contributed by atoms with van der Waals surface area (Å²) < 4.78 is 1.10. The molecule has 0 nitrogen and oxygen atoms in total. The van der Waals surface area contributed by atoms with E-state index >= 15 is 0 Å². The minimum Gasteiger partial charge on any atom is -1.00 e. The smallest absolute Gasteiger partial charge is 1.00 e. The maximum absolute atomic E-state index is 2.81. The minimum atomic E-state index is -2.81. The third-order valence-corrected chi connectivity index (χ3v) is 38.9. The van der Waals surface area contributed by atoms with E-state index < -0.39 is 25.6 Å². The number of fused-ring (bicyclic) bond motifs is 6. The zero-order valence-corrected chi connectivity index (χ0v) is 30.9. The number of allylic oxidation sites excluding steroid dienone is 2. The van der Waals surface area contributed by atoms with E-state index in [-0.39, 0.29) is 24.8 Å². The van der Waals surface area contributed by atoms with Crippen molar-refractivity contribution in [2.75, 3.05) is 0 Å². The van der Waals surface area contributed by atoms with E-state index in [1.54, 1.807) is 32.6 Å². The number of benzene rings is 6. The van der Waals surface area contributed by atoms with E-state index in [0.29, 0.717) is 7.35 Å². The van der Waals surface area contributed by atoms with Crippen LogP contribution >= 0.6 is 0 Å². The Morgan fingerprint density at radius 3 is 1.27 bits per heavy atom. The molecule has 0 radical (unpaired) electrons. The first-order valence-corrected chi connectivity index (χ1v) is 26.0. The molecule has 0 N–H and O–H groups in total. The van der Waals surface area contributed by atoms with Gasteiger partial charge in [0.1, 0.15) is 0 Å². The van der Waals surface area contributed by atoms with Gasteiger partial charge in [-0.15, -0.1) is 0 Å². The van der Waals surface area contributed by atoms with Crippen molar-refractivity contribution in [2.24, 2.45) is 0 Å². The summed E-state index contributed by atoms with van der Waals surface area (Å²) in [4.78, 5) is 0. The number of rotatable bonds is 4. The standard InChI is InChI=1S/2C14H11.C12H10Si.2ClH.Hf/c2*1-10-8-12-7-6-11-4-2-3-5-13(11)14(12)9-10;1-3-7-11(8-4-1)13-12-9-5-2-6-10-12;;;/h2*2-9H,1H3;1-10H;2*1H;/q;;;;;+2/p-2. The maximum atomic E-state index is 2.55. The molecule has 6 aromatic carbocycles. The summed E-state index contributed by atoms with van der Waals surface area (Å²) in [6.45, 7) is 4.88. The van der Waals surface area contributed by atoms with Crippen LogP contribution in [0.15, 0.2) is 145 Å². The Morgan fingerprint density at radius 1 is 0.455 bits per heavy atom. The van der Waals surface area contributed by atoms with E-state index in [4.69, 9.17) is 0 Å². The molecule has 0 spiro atoms. The van der Waals surface area contributed by atoms with Crippen LogP contribution in [-0.2, 0) is 20.1 Å². The van der Waals surface area contributed by atoms with Gasteiger partial charge in [0.05, 0.1) is 0 Å². The Labute approximate surface area is 280 Å². The molecule has 4 heteroatoms. The third-order valence-electron chi connectivity index (χ3n) is 9.32. The summed E-state index contributed by atoms with van der Waals surface area (Å²) >= 11 is -2.81. The van der Waals surface area contributed by atoms with Crippen LogP contribution in [0.5, 0.6) is 0 Å². The molecule has 0 amide bonds. The Morgan fingerprint density at radius 2 is 0.841 bits per heavy atom. The van der Waals surface area contributed by atoms with Gasteiger partial charge in [0.2, 0.25) is 0 Å². The van der Waals surface area contributed by atoms with Gasteiger partial charge in [-0.05, 0) is 0 Å². The van der Waals surface area contributed by atoms with Gasteiger partial charge in [0.25, 0.3) is 0 Å². The zero-order chi connectivity index (χ0) is 28.2. The fraction of sp³-hybridized carbons (Fsp3) is 0.100. The molecule has 0 bridgehead atoms. The van der Waals surface area contributed by atoms with E-state index in [0.717, 1.165) is 0 Å². The number of hydrogen-bond acceptors (Lipinski definition) is 0. The fourth-order valence-corrected chi connectivity index (χ4v) is 43.0. The van der Waals surface area contributed by atoms with Crippen molar-refractivity contribution in [3.8, 4) is 0 Å². The van der Waals surface area contributed by atoms with Gasteiger partial charge < -0.3 is 24.8 Å². The molecule has 0 saturated heterocycles. The second-order valence-electron chi connectivity index (χ2n) is 11.8. The predicted octanol–water partition coefficient (Wildman–Crippen LogP) is 3.04. The summed E-state index contributed by atoms with van der Waals surface area (Å²) in [5.41, 5.74) is 8.26. The molecular weight excluding hydrogens is 758 g/mol. The van der Waals surface area contributed by atoms with Gasteiger partial charge in [-0.2, -0.15) is 0 Å². The largest absolute Gasteiger partial charge is 1.00 e. The zero-order valence-electron chi connectivity index (χ0n) is 24.8. The summed E-state index contributed by atoms with van der Waals surface area (Å²) in [5, 5.41) is 8.67. The Hall–Kier alpha value is -3.01. The average Bonchev–Trinajstić information content (AvgIpc) is 3.56. The molecule has 2 aliphatic carbocycles. The van der Waals surface area contributed by atoms with Crippen LogP contribution in [0.1, 0.15) is 43.5 Å². The molecule has 0 heterocycles. The quantitative estimate of drug-likeness (QED) is 0.242. The number of hydrogen-bond donors (Lipinski definition) is 0. The van der Waals surface area contributed by atoms with Crippen LogP contribution in [0.3, 0.4) is 0 Å². The molecule has 2 aliphatic rings. The van der Waals surface area contributed by atoms with Crippen molar-refractivity contribution in [1.29, 1.82) is 0 Å². The summed E-state index contributed by atoms with van der Waals surface area (Å²) in [6.07, 6.45) is 5.11. The van der Waals surface area contributed by atoms with E-state index in [2.05, 4.69) is 159 Å². The van der Waals surface area contributed by atoms with E-state index in [1.807, 2.05) is 0 Å². The van der Waals surface area contributed by atoms with Crippen molar-refractivity contribution in [2.45, 2.75) is 21.2 Å². The molecule has 214 valence electrons. The van der Waals surface area contributed by atoms with Gasteiger partial charge in [-0.3, -0.25) is 0 Å². The number of halogens is 2. The van der Waals surface area contributed by atoms with Crippen molar-refractivity contribution in [1.82, 2.24) is 0 Å². The molecule has 0 saturated carbocycles. The summed E-state index contributed by atoms with van der Waals surface area (Å²) in [5.74, 6) is 0. The van der Waals surface area contributed by atoms with Crippen molar-refractivity contribution in [3.05, 3.63) is 167 Å². The van der Waals surface area contributed by atoms with Gasteiger partial charge in [0, 0.05) is 0 Å². The van der Waals surface area contributed by atoms with Gasteiger partial charge in [-0.25, -0.2) is 0 Å². The maximum Gasteiger partial charge on any atom is -1.00 e. The molecule has 0 fully saturated rings. The van der Waals surface area contributed by atoms with Crippen LogP contribution in [-0.4, -0.2) is 5.49 Å². The monoisotopic (exact) mass is 790 g/mol. The normalized spacial score (nSPS) is 16.1. The summed E-state index contributed by atoms with van der Waals surface area (Å²) in [6, 6.07) is 50.9. The molecule has 0 aromatic heterocycles. The first-order valence-electron chi connectivity index (χ1n) is 14.9. The first-order chi connectivity index (χ1) is 20.7. The van der Waals surface area contributed by atoms with Crippen LogP contribution in [0.4, 0.5) is 0 Å². The minimum absolute atomic E-state index is 0. The first kappa shape index (κ1) is 31.0.